The standard InChI is InChI=1S/C16H21NO5S2/c1-4-9-17(14-8-10-23(18,19)12-14)24(20,21)16-7-6-15(22-5-2)11-13(16)3/h1,6-7,11,14H,5,8-10,12H2,2-3H3. The Bertz CT molecular complexity index is 853. The van der Waals surface area contributed by atoms with Crippen molar-refractivity contribution in [2.45, 2.75) is 31.2 Å². The zero-order valence-electron chi connectivity index (χ0n) is 13.7. The van der Waals surface area contributed by atoms with E-state index < -0.39 is 25.9 Å². The van der Waals surface area contributed by atoms with Gasteiger partial charge in [0, 0.05) is 6.04 Å². The summed E-state index contributed by atoms with van der Waals surface area (Å²) < 4.78 is 55.9. The number of hydrogen-bond acceptors (Lipinski definition) is 5. The van der Waals surface area contributed by atoms with Gasteiger partial charge in [0.15, 0.2) is 9.84 Å². The molecule has 0 radical (unpaired) electrons. The number of benzene rings is 1. The van der Waals surface area contributed by atoms with E-state index in [1.54, 1.807) is 19.1 Å². The van der Waals surface area contributed by atoms with E-state index in [4.69, 9.17) is 11.2 Å². The molecule has 1 heterocycles. The van der Waals surface area contributed by atoms with Crippen LogP contribution >= 0.6 is 0 Å². The largest absolute Gasteiger partial charge is 0.494 e. The van der Waals surface area contributed by atoms with Crippen molar-refractivity contribution in [3.8, 4) is 18.1 Å². The highest BCUT2D eigenvalue weighted by Crippen LogP contribution is 2.28. The van der Waals surface area contributed by atoms with E-state index in [1.807, 2.05) is 6.92 Å². The molecule has 1 saturated heterocycles. The molecule has 8 heteroatoms. The zero-order valence-corrected chi connectivity index (χ0v) is 15.4. The minimum Gasteiger partial charge on any atom is -0.494 e. The molecule has 0 aliphatic carbocycles. The van der Waals surface area contributed by atoms with Gasteiger partial charge in [0.05, 0.1) is 29.6 Å². The van der Waals surface area contributed by atoms with Gasteiger partial charge in [-0.2, -0.15) is 4.31 Å². The molecule has 0 saturated carbocycles. The van der Waals surface area contributed by atoms with Crippen LogP contribution in [0.5, 0.6) is 5.75 Å². The molecular formula is C16H21NO5S2. The molecule has 2 rings (SSSR count). The molecule has 1 fully saturated rings. The van der Waals surface area contributed by atoms with Crippen LogP contribution in [-0.4, -0.2) is 51.8 Å². The van der Waals surface area contributed by atoms with Crippen LogP contribution in [0.1, 0.15) is 18.9 Å². The smallest absolute Gasteiger partial charge is 0.244 e. The van der Waals surface area contributed by atoms with Gasteiger partial charge in [0.2, 0.25) is 10.0 Å². The van der Waals surface area contributed by atoms with Gasteiger partial charge < -0.3 is 4.74 Å². The molecule has 0 bridgehead atoms. The Morgan fingerprint density at radius 2 is 2.12 bits per heavy atom. The van der Waals surface area contributed by atoms with E-state index >= 15 is 0 Å². The van der Waals surface area contributed by atoms with E-state index in [0.717, 1.165) is 4.31 Å². The number of terminal acetylenes is 1. The van der Waals surface area contributed by atoms with Gasteiger partial charge in [0.1, 0.15) is 5.75 Å². The van der Waals surface area contributed by atoms with Crippen LogP contribution in [0.3, 0.4) is 0 Å². The number of nitrogens with zero attached hydrogens (tertiary/aromatic N) is 1. The lowest BCUT2D eigenvalue weighted by molar-refractivity contribution is 0.339. The predicted molar refractivity (Wildman–Crippen MR) is 92.1 cm³/mol. The van der Waals surface area contributed by atoms with Crippen molar-refractivity contribution in [1.82, 2.24) is 4.31 Å². The van der Waals surface area contributed by atoms with Gasteiger partial charge in [-0.25, -0.2) is 16.8 Å². The minimum atomic E-state index is -3.89. The topological polar surface area (TPSA) is 80.8 Å². The lowest BCUT2D eigenvalue weighted by Crippen LogP contribution is -2.41. The molecule has 1 atom stereocenters. The molecule has 1 aliphatic rings. The first-order valence-electron chi connectivity index (χ1n) is 7.60. The maximum absolute atomic E-state index is 13.0. The van der Waals surface area contributed by atoms with Gasteiger partial charge in [-0.1, -0.05) is 5.92 Å². The first kappa shape index (κ1) is 18.8. The van der Waals surface area contributed by atoms with Gasteiger partial charge in [-0.15, -0.1) is 6.42 Å². The quantitative estimate of drug-likeness (QED) is 0.702. The number of ether oxygens (including phenoxy) is 1. The highest BCUT2D eigenvalue weighted by atomic mass is 32.2. The summed E-state index contributed by atoms with van der Waals surface area (Å²) in [5.41, 5.74) is 0.531. The maximum Gasteiger partial charge on any atom is 0.244 e. The predicted octanol–water partition coefficient (Wildman–Crippen LogP) is 1.20. The Morgan fingerprint density at radius 1 is 1.42 bits per heavy atom. The lowest BCUT2D eigenvalue weighted by atomic mass is 10.2. The van der Waals surface area contributed by atoms with E-state index in [2.05, 4.69) is 5.92 Å². The van der Waals surface area contributed by atoms with Gasteiger partial charge >= 0.3 is 0 Å². The molecule has 1 unspecified atom stereocenters. The Labute approximate surface area is 143 Å². The van der Waals surface area contributed by atoms with E-state index in [9.17, 15) is 16.8 Å². The van der Waals surface area contributed by atoms with Crippen LogP contribution in [0.15, 0.2) is 23.1 Å². The van der Waals surface area contributed by atoms with Crippen molar-refractivity contribution in [3.63, 3.8) is 0 Å². The van der Waals surface area contributed by atoms with Crippen LogP contribution < -0.4 is 4.74 Å². The Hall–Kier alpha value is -1.56. The fourth-order valence-corrected chi connectivity index (χ4v) is 6.40. The summed E-state index contributed by atoms with van der Waals surface area (Å²) in [4.78, 5) is 0.116. The van der Waals surface area contributed by atoms with Gasteiger partial charge in [0.25, 0.3) is 0 Å². The number of rotatable bonds is 6. The summed E-state index contributed by atoms with van der Waals surface area (Å²) in [5, 5.41) is 0. The molecule has 0 N–H and O–H groups in total. The third-order valence-electron chi connectivity index (χ3n) is 3.91. The number of hydrogen-bond donors (Lipinski definition) is 0. The fourth-order valence-electron chi connectivity index (χ4n) is 2.80. The highest BCUT2D eigenvalue weighted by Gasteiger charge is 2.38. The summed E-state index contributed by atoms with van der Waals surface area (Å²) in [5.74, 6) is 2.70. The molecule has 1 aromatic rings. The van der Waals surface area contributed by atoms with Crippen LogP contribution in [0.4, 0.5) is 0 Å². The van der Waals surface area contributed by atoms with E-state index in [1.165, 1.54) is 6.07 Å². The lowest BCUT2D eigenvalue weighted by Gasteiger charge is -2.26. The molecular weight excluding hydrogens is 350 g/mol. The first-order valence-corrected chi connectivity index (χ1v) is 10.9. The molecule has 0 aromatic heterocycles. The van der Waals surface area contributed by atoms with Crippen LogP contribution in [0, 0.1) is 19.3 Å². The average Bonchev–Trinajstić information content (AvgIpc) is 2.84. The summed E-state index contributed by atoms with van der Waals surface area (Å²) >= 11 is 0. The Morgan fingerprint density at radius 3 is 2.62 bits per heavy atom. The summed E-state index contributed by atoms with van der Waals surface area (Å²) in [6, 6.07) is 4.09. The summed E-state index contributed by atoms with van der Waals surface area (Å²) in [7, 11) is -7.11. The maximum atomic E-state index is 13.0. The van der Waals surface area contributed by atoms with Crippen molar-refractivity contribution in [2.75, 3.05) is 24.7 Å². The normalized spacial score (nSPS) is 20.0. The average molecular weight is 371 g/mol. The second kappa shape index (κ2) is 7.13. The second-order valence-electron chi connectivity index (χ2n) is 5.67. The van der Waals surface area contributed by atoms with Crippen molar-refractivity contribution in [1.29, 1.82) is 0 Å². The second-order valence-corrected chi connectivity index (χ2v) is 9.76. The fraction of sp³-hybridized carbons (Fsp3) is 0.500. The molecule has 6 nitrogen and oxygen atoms in total. The molecule has 0 amide bonds. The molecule has 1 aromatic carbocycles. The van der Waals surface area contributed by atoms with Crippen molar-refractivity contribution in [3.05, 3.63) is 23.8 Å². The molecule has 24 heavy (non-hydrogen) atoms. The number of sulfone groups is 1. The van der Waals surface area contributed by atoms with Crippen LogP contribution in [-0.2, 0) is 19.9 Å². The van der Waals surface area contributed by atoms with Gasteiger partial charge in [-0.05, 0) is 44.0 Å². The number of sulfonamides is 1. The SMILES string of the molecule is C#CCN(C1CCS(=O)(=O)C1)S(=O)(=O)c1ccc(OCC)cc1C. The van der Waals surface area contributed by atoms with Crippen LogP contribution in [0.2, 0.25) is 0 Å². The Balaban J connectivity index is 2.40. The summed E-state index contributed by atoms with van der Waals surface area (Å²) in [6.07, 6.45) is 5.58. The third-order valence-corrected chi connectivity index (χ3v) is 7.72. The third kappa shape index (κ3) is 3.91. The minimum absolute atomic E-state index is 0.0173. The van der Waals surface area contributed by atoms with Crippen LogP contribution in [0.25, 0.3) is 0 Å². The molecule has 132 valence electrons. The first-order chi connectivity index (χ1) is 11.2. The van der Waals surface area contributed by atoms with E-state index in [-0.39, 0.29) is 29.4 Å². The van der Waals surface area contributed by atoms with E-state index in [0.29, 0.717) is 17.9 Å². The number of aryl methyl sites for hydroxylation is 1. The van der Waals surface area contributed by atoms with Crippen molar-refractivity contribution < 1.29 is 21.6 Å². The highest BCUT2D eigenvalue weighted by molar-refractivity contribution is 7.92. The molecule has 1 aliphatic heterocycles. The zero-order chi connectivity index (χ0) is 18.0. The van der Waals surface area contributed by atoms with Crippen molar-refractivity contribution >= 4 is 19.9 Å². The summed E-state index contributed by atoms with van der Waals surface area (Å²) in [6.45, 7) is 3.84. The Kier molecular flexibility index (Phi) is 5.58. The molecule has 0 spiro atoms. The monoisotopic (exact) mass is 371 g/mol. The van der Waals surface area contributed by atoms with Gasteiger partial charge in [-0.3, -0.25) is 0 Å². The van der Waals surface area contributed by atoms with Crippen molar-refractivity contribution in [2.24, 2.45) is 0 Å².